The van der Waals surface area contributed by atoms with Gasteiger partial charge in [0.05, 0.1) is 38.3 Å². The monoisotopic (exact) mass is 446 g/mol. The highest BCUT2D eigenvalue weighted by atomic mass is 32.2. The number of benzene rings is 2. The Balaban J connectivity index is 1.49. The van der Waals surface area contributed by atoms with E-state index in [0.717, 1.165) is 5.75 Å². The fourth-order valence-corrected chi connectivity index (χ4v) is 6.23. The molecule has 4 rings (SSSR count). The van der Waals surface area contributed by atoms with Crippen LogP contribution >= 0.6 is 0 Å². The maximum absolute atomic E-state index is 13.1. The van der Waals surface area contributed by atoms with E-state index >= 15 is 0 Å². The molecule has 0 bridgehead atoms. The Labute approximate surface area is 182 Å². The maximum atomic E-state index is 13.1. The van der Waals surface area contributed by atoms with Crippen molar-refractivity contribution in [2.45, 2.75) is 12.1 Å². The quantitative estimate of drug-likeness (QED) is 0.639. The van der Waals surface area contributed by atoms with Gasteiger partial charge in [0.1, 0.15) is 23.9 Å². The van der Waals surface area contributed by atoms with Crippen LogP contribution in [0.25, 0.3) is 0 Å². The van der Waals surface area contributed by atoms with Gasteiger partial charge in [0.2, 0.25) is 5.91 Å². The summed E-state index contributed by atoms with van der Waals surface area (Å²) in [5.41, 5.74) is 0.658. The molecule has 2 aliphatic rings. The summed E-state index contributed by atoms with van der Waals surface area (Å²) in [6, 6.07) is 13.7. The molecular formula is C22H26N2O6S. The molecule has 2 atom stereocenters. The summed E-state index contributed by atoms with van der Waals surface area (Å²) in [6.07, 6.45) is 0. The number of carbonyl (C=O) groups excluding carboxylic acids is 1. The molecule has 2 aromatic carbocycles. The average molecular weight is 447 g/mol. The van der Waals surface area contributed by atoms with Crippen molar-refractivity contribution < 1.29 is 27.4 Å². The van der Waals surface area contributed by atoms with E-state index in [2.05, 4.69) is 0 Å². The highest BCUT2D eigenvalue weighted by Gasteiger charge is 2.49. The maximum Gasteiger partial charge on any atom is 0.241 e. The molecule has 0 N–H and O–H groups in total. The van der Waals surface area contributed by atoms with Crippen molar-refractivity contribution >= 4 is 21.4 Å². The van der Waals surface area contributed by atoms with Gasteiger partial charge in [-0.2, -0.15) is 0 Å². The minimum atomic E-state index is -3.25. The van der Waals surface area contributed by atoms with Crippen molar-refractivity contribution in [2.75, 3.05) is 50.3 Å². The van der Waals surface area contributed by atoms with Gasteiger partial charge in [0, 0.05) is 24.3 Å². The number of fused-ring (bicyclic) bond motifs is 1. The third-order valence-corrected chi connectivity index (χ3v) is 7.44. The summed E-state index contributed by atoms with van der Waals surface area (Å²) >= 11 is 0. The van der Waals surface area contributed by atoms with Gasteiger partial charge in [-0.15, -0.1) is 0 Å². The molecule has 0 radical (unpaired) electrons. The molecular weight excluding hydrogens is 420 g/mol. The lowest BCUT2D eigenvalue weighted by Crippen LogP contribution is -2.62. The van der Waals surface area contributed by atoms with Gasteiger partial charge < -0.3 is 19.1 Å². The first-order valence-electron chi connectivity index (χ1n) is 10.1. The number of methoxy groups -OCH3 is 2. The Kier molecular flexibility index (Phi) is 6.06. The molecule has 2 heterocycles. The van der Waals surface area contributed by atoms with Crippen LogP contribution in [0.2, 0.25) is 0 Å². The van der Waals surface area contributed by atoms with Gasteiger partial charge in [0.25, 0.3) is 0 Å². The van der Waals surface area contributed by atoms with Gasteiger partial charge in [-0.3, -0.25) is 9.69 Å². The first-order chi connectivity index (χ1) is 14.9. The van der Waals surface area contributed by atoms with Gasteiger partial charge in [-0.1, -0.05) is 6.07 Å². The molecule has 0 aromatic heterocycles. The summed E-state index contributed by atoms with van der Waals surface area (Å²) in [4.78, 5) is 16.6. The Morgan fingerprint density at radius 2 is 1.61 bits per heavy atom. The number of rotatable bonds is 7. The van der Waals surface area contributed by atoms with Crippen LogP contribution < -0.4 is 19.1 Å². The van der Waals surface area contributed by atoms with E-state index in [4.69, 9.17) is 14.2 Å². The second kappa shape index (κ2) is 8.76. The van der Waals surface area contributed by atoms with Crippen molar-refractivity contribution in [1.82, 2.24) is 4.90 Å². The van der Waals surface area contributed by atoms with Crippen molar-refractivity contribution in [1.29, 1.82) is 0 Å². The van der Waals surface area contributed by atoms with E-state index < -0.39 is 15.9 Å². The summed E-state index contributed by atoms with van der Waals surface area (Å²) < 4.78 is 41.2. The highest BCUT2D eigenvalue weighted by molar-refractivity contribution is 7.91. The van der Waals surface area contributed by atoms with E-state index in [-0.39, 0.29) is 30.0 Å². The topological polar surface area (TPSA) is 85.4 Å². The molecule has 166 valence electrons. The van der Waals surface area contributed by atoms with Crippen LogP contribution in [0.4, 0.5) is 5.69 Å². The van der Waals surface area contributed by atoms with Crippen molar-refractivity contribution in [3.05, 3.63) is 48.5 Å². The summed E-state index contributed by atoms with van der Waals surface area (Å²) in [6.45, 7) is 0.947. The Morgan fingerprint density at radius 3 is 2.32 bits per heavy atom. The number of carbonyl (C=O) groups is 1. The number of amides is 1. The normalized spacial score (nSPS) is 22.8. The highest BCUT2D eigenvalue weighted by Crippen LogP contribution is 2.33. The number of nitrogens with zero attached hydrogens (tertiary/aromatic N) is 2. The molecule has 9 heteroatoms. The molecule has 0 spiro atoms. The molecule has 1 amide bonds. The second-order valence-electron chi connectivity index (χ2n) is 7.67. The lowest BCUT2D eigenvalue weighted by atomic mass is 10.0. The van der Waals surface area contributed by atoms with E-state index in [1.165, 1.54) is 0 Å². The number of sulfone groups is 1. The number of hydrogen-bond donors (Lipinski definition) is 0. The lowest BCUT2D eigenvalue weighted by Gasteiger charge is -2.43. The summed E-state index contributed by atoms with van der Waals surface area (Å²) in [5, 5.41) is 0. The smallest absolute Gasteiger partial charge is 0.241 e. The fraction of sp³-hybridized carbons (Fsp3) is 0.409. The fourth-order valence-electron chi connectivity index (χ4n) is 4.25. The molecule has 0 saturated carbocycles. The van der Waals surface area contributed by atoms with E-state index in [1.54, 1.807) is 37.3 Å². The predicted molar refractivity (Wildman–Crippen MR) is 117 cm³/mol. The summed E-state index contributed by atoms with van der Waals surface area (Å²) in [7, 11) is -0.0869. The molecule has 0 unspecified atom stereocenters. The standard InChI is InChI=1S/C22H26N2O6S/c1-28-17-6-8-18(9-7-17)30-11-10-23-13-22(25)24(16-4-3-5-19(12-16)29-2)21-15-31(26,27)14-20(21)23/h3-9,12,20-21H,10-11,13-15H2,1-2H3/t20-,21+/m0/s1. The second-order valence-corrected chi connectivity index (χ2v) is 9.83. The van der Waals surface area contributed by atoms with Crippen LogP contribution in [0.5, 0.6) is 17.2 Å². The van der Waals surface area contributed by atoms with E-state index in [0.29, 0.717) is 30.3 Å². The van der Waals surface area contributed by atoms with Crippen LogP contribution in [-0.4, -0.2) is 76.7 Å². The summed E-state index contributed by atoms with van der Waals surface area (Å²) in [5.74, 6) is 1.92. The minimum Gasteiger partial charge on any atom is -0.497 e. The van der Waals surface area contributed by atoms with E-state index in [1.807, 2.05) is 35.2 Å². The third kappa shape index (κ3) is 4.62. The zero-order chi connectivity index (χ0) is 22.0. The number of anilines is 1. The first-order valence-corrected chi connectivity index (χ1v) is 11.9. The molecule has 2 saturated heterocycles. The van der Waals surface area contributed by atoms with Crippen LogP contribution in [0.3, 0.4) is 0 Å². The van der Waals surface area contributed by atoms with Gasteiger partial charge in [-0.05, 0) is 36.4 Å². The first kappa shape index (κ1) is 21.5. The molecule has 8 nitrogen and oxygen atoms in total. The van der Waals surface area contributed by atoms with Crippen molar-refractivity contribution in [3.8, 4) is 17.2 Å². The molecule has 0 aliphatic carbocycles. The lowest BCUT2D eigenvalue weighted by molar-refractivity contribution is -0.123. The minimum absolute atomic E-state index is 0.0357. The third-order valence-electron chi connectivity index (χ3n) is 5.74. The number of ether oxygens (including phenoxy) is 3. The van der Waals surface area contributed by atoms with Gasteiger partial charge >= 0.3 is 0 Å². The Bertz CT molecular complexity index is 1040. The number of hydrogen-bond acceptors (Lipinski definition) is 7. The zero-order valence-corrected chi connectivity index (χ0v) is 18.4. The van der Waals surface area contributed by atoms with Crippen molar-refractivity contribution in [2.24, 2.45) is 0 Å². The Hall–Kier alpha value is -2.78. The Morgan fingerprint density at radius 1 is 0.935 bits per heavy atom. The largest absolute Gasteiger partial charge is 0.497 e. The molecule has 2 aromatic rings. The van der Waals surface area contributed by atoms with Gasteiger partial charge in [0.15, 0.2) is 9.84 Å². The van der Waals surface area contributed by atoms with Crippen LogP contribution in [0, 0.1) is 0 Å². The zero-order valence-electron chi connectivity index (χ0n) is 17.6. The molecule has 2 aliphatic heterocycles. The molecule has 2 fully saturated rings. The van der Waals surface area contributed by atoms with Crippen LogP contribution in [-0.2, 0) is 14.6 Å². The predicted octanol–water partition coefficient (Wildman–Crippen LogP) is 1.60. The average Bonchev–Trinajstić information content (AvgIpc) is 3.09. The van der Waals surface area contributed by atoms with Crippen LogP contribution in [0.15, 0.2) is 48.5 Å². The SMILES string of the molecule is COc1ccc(OCCN2CC(=O)N(c3cccc(OC)c3)[C@@H]3CS(=O)(=O)C[C@@H]32)cc1. The van der Waals surface area contributed by atoms with Crippen LogP contribution in [0.1, 0.15) is 0 Å². The van der Waals surface area contributed by atoms with E-state index in [9.17, 15) is 13.2 Å². The number of piperazine rings is 1. The molecule has 31 heavy (non-hydrogen) atoms. The van der Waals surface area contributed by atoms with Gasteiger partial charge in [-0.25, -0.2) is 8.42 Å². The van der Waals surface area contributed by atoms with Crippen molar-refractivity contribution in [3.63, 3.8) is 0 Å².